The third-order valence-corrected chi connectivity index (χ3v) is 3.02. The Hall–Kier alpha value is -2.30. The van der Waals surface area contributed by atoms with Crippen LogP contribution in [0.2, 0.25) is 0 Å². The van der Waals surface area contributed by atoms with Crippen LogP contribution in [0.5, 0.6) is 0 Å². The van der Waals surface area contributed by atoms with Crippen molar-refractivity contribution in [3.8, 4) is 0 Å². The van der Waals surface area contributed by atoms with Crippen molar-refractivity contribution < 1.29 is 14.7 Å². The number of nitrogens with one attached hydrogen (secondary N) is 1. The van der Waals surface area contributed by atoms with E-state index in [0.29, 0.717) is 13.1 Å². The van der Waals surface area contributed by atoms with Crippen molar-refractivity contribution in [3.63, 3.8) is 0 Å². The normalized spacial score (nSPS) is 10.6. The Balaban J connectivity index is 3.07. The zero-order valence-corrected chi connectivity index (χ0v) is 12.7. The topological polar surface area (TPSA) is 69.6 Å². The maximum Gasteiger partial charge on any atom is 0.328 e. The summed E-state index contributed by atoms with van der Waals surface area (Å²) in [5, 5.41) is 11.6. The molecule has 0 aliphatic heterocycles. The first-order valence-corrected chi connectivity index (χ1v) is 7.01. The lowest BCUT2D eigenvalue weighted by atomic mass is 10.1. The first kappa shape index (κ1) is 16.8. The highest BCUT2D eigenvalue weighted by molar-refractivity contribution is 5.88. The van der Waals surface area contributed by atoms with E-state index in [9.17, 15) is 9.59 Å². The number of carbonyl (C=O) groups is 2. The summed E-state index contributed by atoms with van der Waals surface area (Å²) in [6.07, 6.45) is 2.67. The van der Waals surface area contributed by atoms with Crippen LogP contribution in [0, 0.1) is 6.92 Å². The molecule has 2 N–H and O–H groups in total. The molecule has 0 aromatic heterocycles. The van der Waals surface area contributed by atoms with Gasteiger partial charge in [-0.1, -0.05) is 11.6 Å². The Morgan fingerprint density at radius 3 is 2.62 bits per heavy atom. The van der Waals surface area contributed by atoms with Gasteiger partial charge in [-0.15, -0.1) is 0 Å². The van der Waals surface area contributed by atoms with Crippen molar-refractivity contribution in [2.45, 2.75) is 20.8 Å². The summed E-state index contributed by atoms with van der Waals surface area (Å²) in [4.78, 5) is 24.4. The van der Waals surface area contributed by atoms with Crippen LogP contribution in [0.4, 0.5) is 5.69 Å². The molecule has 21 heavy (non-hydrogen) atoms. The summed E-state index contributed by atoms with van der Waals surface area (Å²) in [5.41, 5.74) is 2.69. The van der Waals surface area contributed by atoms with Gasteiger partial charge in [-0.25, -0.2) is 4.79 Å². The third-order valence-electron chi connectivity index (χ3n) is 3.02. The molecule has 5 nitrogen and oxygen atoms in total. The number of carbonyl (C=O) groups excluding carboxylic acids is 1. The summed E-state index contributed by atoms with van der Waals surface area (Å²) in [6.45, 7) is 7.29. The van der Waals surface area contributed by atoms with E-state index in [1.54, 1.807) is 6.08 Å². The number of rotatable bonds is 7. The predicted octanol–water partition coefficient (Wildman–Crippen LogP) is 2.06. The number of carboxylic acid groups (broad SMARTS) is 1. The van der Waals surface area contributed by atoms with E-state index < -0.39 is 5.97 Å². The molecule has 0 bridgehead atoms. The monoisotopic (exact) mass is 290 g/mol. The summed E-state index contributed by atoms with van der Waals surface area (Å²) in [5.74, 6) is -1.04. The molecule has 0 radical (unpaired) electrons. The number of carboxylic acids is 1. The summed E-state index contributed by atoms with van der Waals surface area (Å²) in [7, 11) is 0. The lowest BCUT2D eigenvalue weighted by Gasteiger charge is -2.24. The maximum absolute atomic E-state index is 11.8. The molecule has 0 atom stereocenters. The summed E-state index contributed by atoms with van der Waals surface area (Å²) >= 11 is 0. The van der Waals surface area contributed by atoms with Crippen LogP contribution < -0.4 is 10.2 Å². The van der Waals surface area contributed by atoms with Crippen molar-refractivity contribution in [2.75, 3.05) is 24.5 Å². The van der Waals surface area contributed by atoms with Gasteiger partial charge in [0.05, 0.1) is 6.54 Å². The fourth-order valence-electron chi connectivity index (χ4n) is 2.05. The van der Waals surface area contributed by atoms with Gasteiger partial charge < -0.3 is 15.3 Å². The van der Waals surface area contributed by atoms with Gasteiger partial charge in [0.1, 0.15) is 0 Å². The van der Waals surface area contributed by atoms with E-state index in [4.69, 9.17) is 5.11 Å². The third kappa shape index (κ3) is 5.30. The molecular formula is C16H22N2O3. The van der Waals surface area contributed by atoms with Crippen LogP contribution >= 0.6 is 0 Å². The van der Waals surface area contributed by atoms with E-state index in [2.05, 4.69) is 5.32 Å². The van der Waals surface area contributed by atoms with Crippen molar-refractivity contribution in [2.24, 2.45) is 0 Å². The largest absolute Gasteiger partial charge is 0.478 e. The van der Waals surface area contributed by atoms with Gasteiger partial charge in [0, 0.05) is 24.9 Å². The zero-order chi connectivity index (χ0) is 15.8. The smallest absolute Gasteiger partial charge is 0.328 e. The van der Waals surface area contributed by atoms with E-state index in [-0.39, 0.29) is 12.5 Å². The van der Waals surface area contributed by atoms with Gasteiger partial charge in [0.2, 0.25) is 5.91 Å². The van der Waals surface area contributed by atoms with Crippen molar-refractivity contribution in [3.05, 3.63) is 35.4 Å². The SMILES string of the molecule is CCNC(=O)CN(CC)c1ccc(C)cc1/C=C/C(=O)O. The van der Waals surface area contributed by atoms with Gasteiger partial charge in [-0.2, -0.15) is 0 Å². The highest BCUT2D eigenvalue weighted by Crippen LogP contribution is 2.23. The molecule has 0 spiro atoms. The minimum atomic E-state index is -0.991. The number of amides is 1. The highest BCUT2D eigenvalue weighted by atomic mass is 16.4. The number of nitrogens with zero attached hydrogens (tertiary/aromatic N) is 1. The molecule has 1 aromatic rings. The predicted molar refractivity (Wildman–Crippen MR) is 84.4 cm³/mol. The number of aliphatic carboxylic acids is 1. The molecule has 0 aliphatic rings. The number of anilines is 1. The van der Waals surface area contributed by atoms with Gasteiger partial charge >= 0.3 is 5.97 Å². The fourth-order valence-corrected chi connectivity index (χ4v) is 2.05. The van der Waals surface area contributed by atoms with Crippen LogP contribution in [0.25, 0.3) is 6.08 Å². The Labute approximate surface area is 125 Å². The molecule has 1 rings (SSSR count). The molecule has 0 saturated carbocycles. The standard InChI is InChI=1S/C16H22N2O3/c1-4-17-15(19)11-18(5-2)14-8-6-12(3)10-13(14)7-9-16(20)21/h6-10H,4-5,11H2,1-3H3,(H,17,19)(H,20,21)/b9-7+. The quantitative estimate of drug-likeness (QED) is 0.754. The molecule has 0 unspecified atom stereocenters. The average Bonchev–Trinajstić information content (AvgIpc) is 2.43. The Morgan fingerprint density at radius 2 is 2.05 bits per heavy atom. The molecule has 0 fully saturated rings. The number of hydrogen-bond donors (Lipinski definition) is 2. The van der Waals surface area contributed by atoms with Crippen molar-refractivity contribution >= 4 is 23.6 Å². The van der Waals surface area contributed by atoms with E-state index in [1.165, 1.54) is 0 Å². The van der Waals surface area contributed by atoms with Crippen LogP contribution in [0.1, 0.15) is 25.0 Å². The Morgan fingerprint density at radius 1 is 1.33 bits per heavy atom. The van der Waals surface area contributed by atoms with Gasteiger partial charge in [0.25, 0.3) is 0 Å². The lowest BCUT2D eigenvalue weighted by Crippen LogP contribution is -2.37. The Bertz CT molecular complexity index is 538. The minimum Gasteiger partial charge on any atom is -0.478 e. The van der Waals surface area contributed by atoms with Crippen molar-refractivity contribution in [1.82, 2.24) is 5.32 Å². The fraction of sp³-hybridized carbons (Fsp3) is 0.375. The molecule has 0 saturated heterocycles. The van der Waals surface area contributed by atoms with Gasteiger partial charge in [-0.05, 0) is 44.5 Å². The number of aryl methyl sites for hydroxylation is 1. The van der Waals surface area contributed by atoms with Gasteiger partial charge in [0.15, 0.2) is 0 Å². The lowest BCUT2D eigenvalue weighted by molar-refractivity contribution is -0.131. The zero-order valence-electron chi connectivity index (χ0n) is 12.7. The van der Waals surface area contributed by atoms with E-state index in [0.717, 1.165) is 22.9 Å². The molecule has 0 heterocycles. The first-order chi connectivity index (χ1) is 9.97. The van der Waals surface area contributed by atoms with Crippen molar-refractivity contribution in [1.29, 1.82) is 0 Å². The summed E-state index contributed by atoms with van der Waals surface area (Å²) in [6, 6.07) is 5.78. The van der Waals surface area contributed by atoms with E-state index >= 15 is 0 Å². The van der Waals surface area contributed by atoms with Crippen LogP contribution in [-0.2, 0) is 9.59 Å². The second kappa shape index (κ2) is 8.09. The number of hydrogen-bond acceptors (Lipinski definition) is 3. The maximum atomic E-state index is 11.8. The minimum absolute atomic E-state index is 0.0481. The van der Waals surface area contributed by atoms with Crippen LogP contribution in [-0.4, -0.2) is 36.6 Å². The van der Waals surface area contributed by atoms with E-state index in [1.807, 2.05) is 43.9 Å². The highest BCUT2D eigenvalue weighted by Gasteiger charge is 2.12. The molecule has 114 valence electrons. The second-order valence-corrected chi connectivity index (χ2v) is 4.70. The van der Waals surface area contributed by atoms with Crippen LogP contribution in [0.15, 0.2) is 24.3 Å². The second-order valence-electron chi connectivity index (χ2n) is 4.70. The molecular weight excluding hydrogens is 268 g/mol. The number of likely N-dealkylation sites (N-methyl/N-ethyl adjacent to an activating group) is 2. The first-order valence-electron chi connectivity index (χ1n) is 7.01. The molecule has 1 amide bonds. The average molecular weight is 290 g/mol. The molecule has 0 aliphatic carbocycles. The number of benzene rings is 1. The Kier molecular flexibility index (Phi) is 6.46. The molecule has 5 heteroatoms. The molecule has 1 aromatic carbocycles. The van der Waals surface area contributed by atoms with Crippen LogP contribution in [0.3, 0.4) is 0 Å². The summed E-state index contributed by atoms with van der Waals surface area (Å²) < 4.78 is 0. The van der Waals surface area contributed by atoms with Gasteiger partial charge in [-0.3, -0.25) is 4.79 Å².